The summed E-state index contributed by atoms with van der Waals surface area (Å²) in [6, 6.07) is 10.6. The van der Waals surface area contributed by atoms with Crippen LogP contribution in [0.2, 0.25) is 0 Å². The Bertz CT molecular complexity index is 234. The van der Waals surface area contributed by atoms with Gasteiger partial charge in [-0.15, -0.1) is 0 Å². The van der Waals surface area contributed by atoms with Crippen LogP contribution >= 0.6 is 0 Å². The molecule has 0 aliphatic heterocycles. The molecule has 1 N–H and O–H groups in total. The van der Waals surface area contributed by atoms with Gasteiger partial charge in [0.05, 0.1) is 0 Å². The van der Waals surface area contributed by atoms with Gasteiger partial charge in [-0.3, -0.25) is 0 Å². The molecular weight excluding hydrogens is 220 g/mol. The molecule has 0 amide bonds. The van der Waals surface area contributed by atoms with E-state index in [9.17, 15) is 0 Å². The molecule has 2 nitrogen and oxygen atoms in total. The summed E-state index contributed by atoms with van der Waals surface area (Å²) in [4.78, 5) is 2.38. The molecule has 2 heteroatoms. The fourth-order valence-corrected chi connectivity index (χ4v) is 1.50. The fourth-order valence-electron chi connectivity index (χ4n) is 1.50. The molecule has 0 heterocycles. The molecule has 0 saturated heterocycles. The quantitative estimate of drug-likeness (QED) is 0.764. The van der Waals surface area contributed by atoms with Crippen LogP contribution < -0.4 is 10.2 Å². The van der Waals surface area contributed by atoms with E-state index in [1.807, 2.05) is 27.7 Å². The van der Waals surface area contributed by atoms with E-state index in [0.717, 1.165) is 26.2 Å². The molecule has 0 aliphatic carbocycles. The Morgan fingerprint density at radius 1 is 0.944 bits per heavy atom. The lowest BCUT2D eigenvalue weighted by Crippen LogP contribution is -2.31. The molecule has 0 aromatic heterocycles. The van der Waals surface area contributed by atoms with Crippen molar-refractivity contribution in [3.63, 3.8) is 0 Å². The van der Waals surface area contributed by atoms with Crippen molar-refractivity contribution < 1.29 is 0 Å². The predicted molar refractivity (Wildman–Crippen MR) is 85.6 cm³/mol. The lowest BCUT2D eigenvalue weighted by Gasteiger charge is -2.23. The zero-order valence-corrected chi connectivity index (χ0v) is 13.2. The standard InChI is InChI=1S/C12H20N2.2C2H6/c1-3-13-10-11-14(4-2)12-8-6-5-7-9-12;2*1-2/h5-9,13H,3-4,10-11H2,1-2H3;2*1-2H3. The lowest BCUT2D eigenvalue weighted by atomic mass is 10.3. The summed E-state index contributed by atoms with van der Waals surface area (Å²) >= 11 is 0. The molecule has 0 saturated carbocycles. The number of hydrogen-bond acceptors (Lipinski definition) is 2. The number of nitrogens with zero attached hydrogens (tertiary/aromatic N) is 1. The van der Waals surface area contributed by atoms with Gasteiger partial charge in [-0.1, -0.05) is 52.8 Å². The maximum atomic E-state index is 3.34. The van der Waals surface area contributed by atoms with E-state index in [4.69, 9.17) is 0 Å². The van der Waals surface area contributed by atoms with Crippen molar-refractivity contribution in [3.8, 4) is 0 Å². The predicted octanol–water partition coefficient (Wildman–Crippen LogP) is 4.17. The summed E-state index contributed by atoms with van der Waals surface area (Å²) in [5, 5.41) is 3.34. The van der Waals surface area contributed by atoms with E-state index < -0.39 is 0 Å². The van der Waals surface area contributed by atoms with Crippen molar-refractivity contribution >= 4 is 5.69 Å². The summed E-state index contributed by atoms with van der Waals surface area (Å²) in [7, 11) is 0. The van der Waals surface area contributed by atoms with Crippen LogP contribution in [0.25, 0.3) is 0 Å². The van der Waals surface area contributed by atoms with Crippen LogP contribution in [0, 0.1) is 0 Å². The first kappa shape index (κ1) is 19.3. The first-order valence-electron chi connectivity index (χ1n) is 7.39. The van der Waals surface area contributed by atoms with E-state index in [0.29, 0.717) is 0 Å². The first-order valence-corrected chi connectivity index (χ1v) is 7.39. The molecule has 0 radical (unpaired) electrons. The highest BCUT2D eigenvalue weighted by molar-refractivity contribution is 5.45. The maximum absolute atomic E-state index is 3.34. The number of nitrogens with one attached hydrogen (secondary N) is 1. The Labute approximate surface area is 114 Å². The normalized spacial score (nSPS) is 8.56. The van der Waals surface area contributed by atoms with Gasteiger partial charge in [0.15, 0.2) is 0 Å². The van der Waals surface area contributed by atoms with E-state index in [1.54, 1.807) is 0 Å². The van der Waals surface area contributed by atoms with Crippen LogP contribution in [0.5, 0.6) is 0 Å². The minimum atomic E-state index is 1.05. The SMILES string of the molecule is CC.CC.CCNCCN(CC)c1ccccc1. The minimum Gasteiger partial charge on any atom is -0.371 e. The second kappa shape index (κ2) is 16.0. The molecule has 0 unspecified atom stereocenters. The van der Waals surface area contributed by atoms with Crippen molar-refractivity contribution in [1.29, 1.82) is 0 Å². The van der Waals surface area contributed by atoms with Crippen LogP contribution in [0.4, 0.5) is 5.69 Å². The van der Waals surface area contributed by atoms with Crippen LogP contribution in [0.15, 0.2) is 30.3 Å². The number of anilines is 1. The Hall–Kier alpha value is -1.02. The largest absolute Gasteiger partial charge is 0.371 e. The number of likely N-dealkylation sites (N-methyl/N-ethyl adjacent to an activating group) is 2. The summed E-state index contributed by atoms with van der Waals surface area (Å²) in [6.07, 6.45) is 0. The van der Waals surface area contributed by atoms with Crippen LogP contribution in [-0.2, 0) is 0 Å². The number of hydrogen-bond donors (Lipinski definition) is 1. The molecule has 0 fully saturated rings. The van der Waals surface area contributed by atoms with E-state index in [2.05, 4.69) is 54.4 Å². The molecule has 18 heavy (non-hydrogen) atoms. The Balaban J connectivity index is 0. The number of rotatable bonds is 6. The van der Waals surface area contributed by atoms with E-state index in [-0.39, 0.29) is 0 Å². The summed E-state index contributed by atoms with van der Waals surface area (Å²) in [5.74, 6) is 0. The molecule has 0 spiro atoms. The molecule has 1 aromatic carbocycles. The number of para-hydroxylation sites is 1. The van der Waals surface area contributed by atoms with Crippen molar-refractivity contribution in [1.82, 2.24) is 5.32 Å². The van der Waals surface area contributed by atoms with E-state index >= 15 is 0 Å². The van der Waals surface area contributed by atoms with Gasteiger partial charge in [-0.2, -0.15) is 0 Å². The summed E-state index contributed by atoms with van der Waals surface area (Å²) in [5.41, 5.74) is 1.31. The monoisotopic (exact) mass is 252 g/mol. The molecule has 0 aliphatic rings. The second-order valence-corrected chi connectivity index (χ2v) is 3.27. The Kier molecular flexibility index (Phi) is 17.2. The van der Waals surface area contributed by atoms with Crippen molar-refractivity contribution in [2.75, 3.05) is 31.1 Å². The first-order chi connectivity index (χ1) is 8.88. The smallest absolute Gasteiger partial charge is 0.0366 e. The second-order valence-electron chi connectivity index (χ2n) is 3.27. The van der Waals surface area contributed by atoms with E-state index in [1.165, 1.54) is 5.69 Å². The molecule has 0 bridgehead atoms. The van der Waals surface area contributed by atoms with Crippen molar-refractivity contribution in [2.45, 2.75) is 41.5 Å². The topological polar surface area (TPSA) is 15.3 Å². The minimum absolute atomic E-state index is 1.05. The third kappa shape index (κ3) is 9.06. The Morgan fingerprint density at radius 2 is 1.50 bits per heavy atom. The van der Waals surface area contributed by atoms with Gasteiger partial charge in [0, 0.05) is 25.3 Å². The number of benzene rings is 1. The zero-order valence-electron chi connectivity index (χ0n) is 13.2. The highest BCUT2D eigenvalue weighted by atomic mass is 15.1. The molecule has 106 valence electrons. The highest BCUT2D eigenvalue weighted by Gasteiger charge is 2.01. The van der Waals surface area contributed by atoms with Gasteiger partial charge in [0.1, 0.15) is 0 Å². The molecular formula is C16H32N2. The van der Waals surface area contributed by atoms with Gasteiger partial charge in [0.2, 0.25) is 0 Å². The molecule has 1 aromatic rings. The molecule has 0 atom stereocenters. The lowest BCUT2D eigenvalue weighted by molar-refractivity contribution is 0.688. The van der Waals surface area contributed by atoms with Gasteiger partial charge < -0.3 is 10.2 Å². The fraction of sp³-hybridized carbons (Fsp3) is 0.625. The van der Waals surface area contributed by atoms with Gasteiger partial charge in [0.25, 0.3) is 0 Å². The van der Waals surface area contributed by atoms with Crippen molar-refractivity contribution in [3.05, 3.63) is 30.3 Å². The van der Waals surface area contributed by atoms with Crippen molar-refractivity contribution in [2.24, 2.45) is 0 Å². The highest BCUT2D eigenvalue weighted by Crippen LogP contribution is 2.11. The third-order valence-electron chi connectivity index (χ3n) is 2.31. The van der Waals surface area contributed by atoms with Gasteiger partial charge in [-0.05, 0) is 25.6 Å². The zero-order chi connectivity index (χ0) is 14.2. The average molecular weight is 252 g/mol. The van der Waals surface area contributed by atoms with Gasteiger partial charge >= 0.3 is 0 Å². The van der Waals surface area contributed by atoms with Crippen LogP contribution in [0.1, 0.15) is 41.5 Å². The molecule has 1 rings (SSSR count). The maximum Gasteiger partial charge on any atom is 0.0366 e. The third-order valence-corrected chi connectivity index (χ3v) is 2.31. The van der Waals surface area contributed by atoms with Gasteiger partial charge in [-0.25, -0.2) is 0 Å². The summed E-state index contributed by atoms with van der Waals surface area (Å²) < 4.78 is 0. The summed E-state index contributed by atoms with van der Waals surface area (Å²) in [6.45, 7) is 16.6. The average Bonchev–Trinajstić information content (AvgIpc) is 2.49. The van der Waals surface area contributed by atoms with Crippen LogP contribution in [-0.4, -0.2) is 26.2 Å². The Morgan fingerprint density at radius 3 is 1.94 bits per heavy atom. The van der Waals surface area contributed by atoms with Crippen LogP contribution in [0.3, 0.4) is 0 Å².